The summed E-state index contributed by atoms with van der Waals surface area (Å²) in [5.41, 5.74) is 0.818. The minimum atomic E-state index is -0.690. The molecule has 6 heteroatoms. The Morgan fingerprint density at radius 2 is 1.96 bits per heavy atom. The van der Waals surface area contributed by atoms with Gasteiger partial charge in [0.2, 0.25) is 0 Å². The molecule has 0 spiro atoms. The molecule has 0 atom stereocenters. The summed E-state index contributed by atoms with van der Waals surface area (Å²) in [6.07, 6.45) is 0. The van der Waals surface area contributed by atoms with E-state index in [0.717, 1.165) is 5.56 Å². The number of hydrogen-bond donors (Lipinski definition) is 0. The average Bonchev–Trinajstić information content (AvgIpc) is 2.54. The van der Waals surface area contributed by atoms with Gasteiger partial charge >= 0.3 is 11.4 Å². The van der Waals surface area contributed by atoms with Crippen molar-refractivity contribution in [2.75, 3.05) is 6.61 Å². The molecule has 0 fully saturated rings. The highest BCUT2D eigenvalue weighted by Crippen LogP contribution is 2.21. The molecule has 0 aliphatic rings. The minimum Gasteiger partial charge on any atom is -0.492 e. The van der Waals surface area contributed by atoms with E-state index in [1.165, 1.54) is 4.57 Å². The van der Waals surface area contributed by atoms with Gasteiger partial charge in [-0.1, -0.05) is 23.7 Å². The maximum Gasteiger partial charge on any atom is 0.422 e. The zero-order chi connectivity index (χ0) is 16.4. The van der Waals surface area contributed by atoms with Crippen LogP contribution < -0.4 is 16.1 Å². The number of para-hydroxylation sites is 1. The Balaban J connectivity index is 1.83. The van der Waals surface area contributed by atoms with Gasteiger partial charge in [-0.3, -0.25) is 4.57 Å². The smallest absolute Gasteiger partial charge is 0.422 e. The minimum absolute atomic E-state index is 0.263. The predicted octanol–water partition coefficient (Wildman–Crippen LogP) is 3.00. The fraction of sp³-hybridized carbons (Fsp3) is 0.176. The van der Waals surface area contributed by atoms with Crippen molar-refractivity contribution in [2.24, 2.45) is 0 Å². The third-order valence-electron chi connectivity index (χ3n) is 3.53. The zero-order valence-electron chi connectivity index (χ0n) is 12.4. The number of halogens is 1. The first-order chi connectivity index (χ1) is 11.1. The third-order valence-corrected chi connectivity index (χ3v) is 3.95. The van der Waals surface area contributed by atoms with Crippen molar-refractivity contribution in [1.29, 1.82) is 0 Å². The van der Waals surface area contributed by atoms with Crippen LogP contribution in [0, 0.1) is 6.92 Å². The van der Waals surface area contributed by atoms with Crippen molar-refractivity contribution in [3.05, 3.63) is 74.0 Å². The van der Waals surface area contributed by atoms with Gasteiger partial charge in [0.25, 0.3) is 0 Å². The second-order valence-electron chi connectivity index (χ2n) is 5.08. The lowest BCUT2D eigenvalue weighted by Gasteiger charge is -2.10. The number of aromatic nitrogens is 1. The number of hydrogen-bond acceptors (Lipinski definition) is 4. The Bertz CT molecular complexity index is 974. The Kier molecular flexibility index (Phi) is 4.21. The first-order valence-corrected chi connectivity index (χ1v) is 7.46. The average molecular weight is 332 g/mol. The SMILES string of the molecule is Cc1cc(OCCn2c(=O)oc(=O)c3ccccc32)ccc1Cl. The van der Waals surface area contributed by atoms with E-state index in [1.807, 2.05) is 13.0 Å². The number of fused-ring (bicyclic) bond motifs is 1. The molecule has 0 bridgehead atoms. The van der Waals surface area contributed by atoms with Crippen molar-refractivity contribution in [2.45, 2.75) is 13.5 Å². The van der Waals surface area contributed by atoms with Crippen molar-refractivity contribution in [1.82, 2.24) is 4.57 Å². The molecule has 3 aromatic rings. The highest BCUT2D eigenvalue weighted by Gasteiger charge is 2.08. The van der Waals surface area contributed by atoms with Crippen molar-refractivity contribution < 1.29 is 9.15 Å². The second-order valence-corrected chi connectivity index (χ2v) is 5.49. The summed E-state index contributed by atoms with van der Waals surface area (Å²) in [5.74, 6) is -0.0220. The molecule has 5 nitrogen and oxygen atoms in total. The highest BCUT2D eigenvalue weighted by molar-refractivity contribution is 6.31. The molecule has 0 radical (unpaired) electrons. The molecule has 2 aromatic carbocycles. The number of rotatable bonds is 4. The second kappa shape index (κ2) is 6.30. The molecular weight excluding hydrogens is 318 g/mol. The van der Waals surface area contributed by atoms with Crippen molar-refractivity contribution in [3.8, 4) is 5.75 Å². The largest absolute Gasteiger partial charge is 0.492 e. The molecule has 0 aliphatic carbocycles. The lowest BCUT2D eigenvalue weighted by molar-refractivity contribution is 0.287. The fourth-order valence-electron chi connectivity index (χ4n) is 2.34. The maximum absolute atomic E-state index is 11.9. The summed E-state index contributed by atoms with van der Waals surface area (Å²) < 4.78 is 11.8. The van der Waals surface area contributed by atoms with E-state index in [0.29, 0.717) is 21.7 Å². The molecule has 118 valence electrons. The van der Waals surface area contributed by atoms with Gasteiger partial charge in [0.1, 0.15) is 12.4 Å². The fourth-order valence-corrected chi connectivity index (χ4v) is 2.46. The monoisotopic (exact) mass is 331 g/mol. The summed E-state index contributed by atoms with van der Waals surface area (Å²) in [7, 11) is 0. The summed E-state index contributed by atoms with van der Waals surface area (Å²) in [6.45, 7) is 2.42. The molecule has 1 aromatic heterocycles. The molecule has 1 heterocycles. The quantitative estimate of drug-likeness (QED) is 0.737. The van der Waals surface area contributed by atoms with E-state index in [4.69, 9.17) is 20.8 Å². The van der Waals surface area contributed by atoms with Gasteiger partial charge in [-0.2, -0.15) is 0 Å². The van der Waals surface area contributed by atoms with E-state index < -0.39 is 11.4 Å². The van der Waals surface area contributed by atoms with Crippen molar-refractivity contribution in [3.63, 3.8) is 0 Å². The van der Waals surface area contributed by atoms with Gasteiger partial charge in [-0.25, -0.2) is 9.59 Å². The molecule has 23 heavy (non-hydrogen) atoms. The number of ether oxygens (including phenoxy) is 1. The van der Waals surface area contributed by atoms with E-state index in [9.17, 15) is 9.59 Å². The van der Waals surface area contributed by atoms with Crippen LogP contribution in [0.5, 0.6) is 5.75 Å². The number of nitrogens with zero attached hydrogens (tertiary/aromatic N) is 1. The summed E-state index contributed by atoms with van der Waals surface area (Å²) in [5, 5.41) is 1.04. The molecule has 0 saturated heterocycles. The lowest BCUT2D eigenvalue weighted by atomic mass is 10.2. The standard InChI is InChI=1S/C17H14ClNO4/c1-11-10-12(6-7-14(11)18)22-9-8-19-15-5-3-2-4-13(15)16(20)23-17(19)21/h2-7,10H,8-9H2,1H3. The van der Waals surface area contributed by atoms with Crippen LogP contribution >= 0.6 is 11.6 Å². The molecule has 0 saturated carbocycles. The number of aryl methyl sites for hydroxylation is 1. The first kappa shape index (κ1) is 15.4. The van der Waals surface area contributed by atoms with Gasteiger partial charge in [0.15, 0.2) is 0 Å². The van der Waals surface area contributed by atoms with Gasteiger partial charge in [-0.15, -0.1) is 0 Å². The van der Waals surface area contributed by atoms with Crippen molar-refractivity contribution >= 4 is 22.5 Å². The van der Waals surface area contributed by atoms with Crippen LogP contribution in [0.4, 0.5) is 0 Å². The first-order valence-electron chi connectivity index (χ1n) is 7.08. The van der Waals surface area contributed by atoms with Crippen LogP contribution in [0.15, 0.2) is 56.5 Å². The Morgan fingerprint density at radius 3 is 2.74 bits per heavy atom. The third kappa shape index (κ3) is 3.14. The number of benzene rings is 2. The predicted molar refractivity (Wildman–Crippen MR) is 88.4 cm³/mol. The van der Waals surface area contributed by atoms with E-state index in [-0.39, 0.29) is 13.2 Å². The molecule has 3 rings (SSSR count). The van der Waals surface area contributed by atoms with E-state index >= 15 is 0 Å². The molecule has 0 unspecified atom stereocenters. The normalized spacial score (nSPS) is 10.9. The Labute approximate surface area is 136 Å². The maximum atomic E-state index is 11.9. The molecule has 0 aliphatic heterocycles. The topological polar surface area (TPSA) is 61.4 Å². The van der Waals surface area contributed by atoms with Crippen LogP contribution in [0.25, 0.3) is 10.9 Å². The highest BCUT2D eigenvalue weighted by atomic mass is 35.5. The van der Waals surface area contributed by atoms with Crippen LogP contribution in [-0.2, 0) is 6.54 Å². The van der Waals surface area contributed by atoms with Gasteiger partial charge in [0, 0.05) is 5.02 Å². The Hall–Kier alpha value is -2.53. The van der Waals surface area contributed by atoms with E-state index in [2.05, 4.69) is 0 Å². The van der Waals surface area contributed by atoms with E-state index in [1.54, 1.807) is 36.4 Å². The van der Waals surface area contributed by atoms with Gasteiger partial charge < -0.3 is 9.15 Å². The van der Waals surface area contributed by atoms with Crippen LogP contribution in [-0.4, -0.2) is 11.2 Å². The summed E-state index contributed by atoms with van der Waals surface area (Å²) in [4.78, 5) is 23.6. The molecule has 0 amide bonds. The van der Waals surface area contributed by atoms with Gasteiger partial charge in [-0.05, 0) is 42.8 Å². The molecular formula is C17H14ClNO4. The molecule has 0 N–H and O–H groups in total. The zero-order valence-corrected chi connectivity index (χ0v) is 13.2. The Morgan fingerprint density at radius 1 is 1.17 bits per heavy atom. The van der Waals surface area contributed by atoms with Gasteiger partial charge in [0.05, 0.1) is 17.4 Å². The summed E-state index contributed by atoms with van der Waals surface area (Å²) in [6, 6.07) is 12.2. The summed E-state index contributed by atoms with van der Waals surface area (Å²) >= 11 is 5.97. The van der Waals surface area contributed by atoms with Crippen LogP contribution in [0.3, 0.4) is 0 Å². The van der Waals surface area contributed by atoms with Crippen LogP contribution in [0.2, 0.25) is 5.02 Å². The lowest BCUT2D eigenvalue weighted by Crippen LogP contribution is -2.27. The van der Waals surface area contributed by atoms with Crippen LogP contribution in [0.1, 0.15) is 5.56 Å².